The molecule has 136 valence electrons. The number of likely N-dealkylation sites (tertiary alicyclic amines) is 1. The van der Waals surface area contributed by atoms with Crippen LogP contribution in [-0.2, 0) is 9.54 Å². The Kier molecular flexibility index (Phi) is 4.71. The second kappa shape index (κ2) is 6.68. The molecule has 1 aliphatic rings. The maximum atomic E-state index is 11.8. The van der Waals surface area contributed by atoms with Gasteiger partial charge in [-0.05, 0) is 29.9 Å². The normalized spacial score (nSPS) is 25.2. The van der Waals surface area contributed by atoms with Crippen LogP contribution in [0.3, 0.4) is 0 Å². The molecule has 2 atom stereocenters. The molecule has 2 unspecified atom stereocenters. The van der Waals surface area contributed by atoms with Crippen molar-refractivity contribution in [2.45, 2.75) is 23.6 Å². The molecular weight excluding hydrogens is 350 g/mol. The van der Waals surface area contributed by atoms with Gasteiger partial charge in [0.05, 0.1) is 4.75 Å². The highest BCUT2D eigenvalue weighted by Gasteiger charge is 2.57. The molecule has 3 rings (SSSR count). The van der Waals surface area contributed by atoms with Crippen LogP contribution in [0, 0.1) is 0 Å². The second-order valence-electron chi connectivity index (χ2n) is 6.77. The van der Waals surface area contributed by atoms with E-state index in [2.05, 4.69) is 0 Å². The smallest absolute Gasteiger partial charge is 0.408 e. The minimum atomic E-state index is -1.44. The van der Waals surface area contributed by atoms with Crippen LogP contribution < -0.4 is 0 Å². The summed E-state index contributed by atoms with van der Waals surface area (Å²) in [6, 6.07) is 17.9. The molecule has 0 saturated carbocycles. The zero-order valence-corrected chi connectivity index (χ0v) is 15.5. The summed E-state index contributed by atoms with van der Waals surface area (Å²) < 4.78 is -0.583. The minimum Gasteiger partial charge on any atom is -0.480 e. The maximum Gasteiger partial charge on any atom is 0.408 e. The maximum absolute atomic E-state index is 11.8. The van der Waals surface area contributed by atoms with Crippen LogP contribution in [0.2, 0.25) is 0 Å². The van der Waals surface area contributed by atoms with Crippen molar-refractivity contribution in [2.75, 3.05) is 12.8 Å². The average Bonchev–Trinajstić information content (AvgIpc) is 2.98. The van der Waals surface area contributed by atoms with Crippen LogP contribution in [0.1, 0.15) is 18.9 Å². The third kappa shape index (κ3) is 2.94. The number of nitrogens with zero attached hydrogens (tertiary/aromatic N) is 1. The summed E-state index contributed by atoms with van der Waals surface area (Å²) in [5.74, 6) is -1.11. The van der Waals surface area contributed by atoms with Gasteiger partial charge in [0.2, 0.25) is 0 Å². The fourth-order valence-corrected chi connectivity index (χ4v) is 4.71. The quantitative estimate of drug-likeness (QED) is 0.845. The first-order chi connectivity index (χ1) is 12.3. The van der Waals surface area contributed by atoms with Crippen LogP contribution in [-0.4, -0.2) is 45.5 Å². The number of aliphatic carboxylic acids is 1. The number of carbonyl (C=O) groups is 2. The summed E-state index contributed by atoms with van der Waals surface area (Å²) in [5.41, 5.74) is 1.68. The number of rotatable bonds is 4. The van der Waals surface area contributed by atoms with E-state index >= 15 is 0 Å². The third-order valence-electron chi connectivity index (χ3n) is 5.24. The Labute approximate surface area is 156 Å². The van der Waals surface area contributed by atoms with Crippen molar-refractivity contribution in [2.24, 2.45) is 0 Å². The molecule has 0 aliphatic carbocycles. The van der Waals surface area contributed by atoms with Crippen molar-refractivity contribution < 1.29 is 19.8 Å². The lowest BCUT2D eigenvalue weighted by atomic mass is 9.88. The monoisotopic (exact) mass is 371 g/mol. The van der Waals surface area contributed by atoms with Gasteiger partial charge in [-0.3, -0.25) is 4.90 Å². The number of thioether (sulfide) groups is 1. The molecule has 1 saturated heterocycles. The lowest BCUT2D eigenvalue weighted by Gasteiger charge is -2.28. The SMILES string of the molecule is CSC1(c2ccc(-c3ccccc3)cc2)CN(C(=O)O)C(C)(C(=O)O)C1. The lowest BCUT2D eigenvalue weighted by Crippen LogP contribution is -2.50. The number of hydrogen-bond acceptors (Lipinski definition) is 3. The Morgan fingerprint density at radius 2 is 1.58 bits per heavy atom. The highest BCUT2D eigenvalue weighted by molar-refractivity contribution is 7.99. The van der Waals surface area contributed by atoms with Crippen LogP contribution in [0.15, 0.2) is 54.6 Å². The van der Waals surface area contributed by atoms with Gasteiger partial charge in [0.15, 0.2) is 0 Å². The summed E-state index contributed by atoms with van der Waals surface area (Å²) in [7, 11) is 0. The first-order valence-electron chi connectivity index (χ1n) is 8.27. The van der Waals surface area contributed by atoms with Gasteiger partial charge >= 0.3 is 12.1 Å². The fraction of sp³-hybridized carbons (Fsp3) is 0.300. The van der Waals surface area contributed by atoms with Gasteiger partial charge in [-0.25, -0.2) is 9.59 Å². The van der Waals surface area contributed by atoms with E-state index in [0.717, 1.165) is 21.6 Å². The Morgan fingerprint density at radius 3 is 2.04 bits per heavy atom. The molecule has 2 N–H and O–H groups in total. The van der Waals surface area contributed by atoms with E-state index in [1.54, 1.807) is 0 Å². The van der Waals surface area contributed by atoms with Crippen molar-refractivity contribution >= 4 is 23.8 Å². The van der Waals surface area contributed by atoms with Gasteiger partial charge < -0.3 is 10.2 Å². The molecule has 1 aliphatic heterocycles. The number of carboxylic acid groups (broad SMARTS) is 2. The van der Waals surface area contributed by atoms with Crippen molar-refractivity contribution in [3.05, 3.63) is 60.2 Å². The largest absolute Gasteiger partial charge is 0.480 e. The Balaban J connectivity index is 1.98. The summed E-state index contributed by atoms with van der Waals surface area (Å²) in [6.07, 6.45) is 0.929. The van der Waals surface area contributed by atoms with Gasteiger partial charge in [0.25, 0.3) is 0 Å². The third-order valence-corrected chi connectivity index (χ3v) is 6.53. The van der Waals surface area contributed by atoms with E-state index in [9.17, 15) is 19.8 Å². The Hall–Kier alpha value is -2.47. The van der Waals surface area contributed by atoms with E-state index in [1.807, 2.05) is 60.9 Å². The van der Waals surface area contributed by atoms with Crippen molar-refractivity contribution in [3.8, 4) is 11.1 Å². The summed E-state index contributed by atoms with van der Waals surface area (Å²) in [6.45, 7) is 1.64. The van der Waals surface area contributed by atoms with Gasteiger partial charge in [-0.2, -0.15) is 11.8 Å². The predicted octanol–water partition coefficient (Wildman–Crippen LogP) is 4.14. The molecule has 26 heavy (non-hydrogen) atoms. The molecule has 1 amide bonds. The standard InChI is InChI=1S/C20H21NO4S/c1-19(17(22)23)12-20(26-2,13-21(19)18(24)25)16-10-8-15(9-11-16)14-6-4-3-5-7-14/h3-11H,12-13H2,1-2H3,(H,22,23)(H,24,25). The molecular formula is C20H21NO4S. The van der Waals surface area contributed by atoms with E-state index in [1.165, 1.54) is 18.7 Å². The zero-order valence-electron chi connectivity index (χ0n) is 14.7. The van der Waals surface area contributed by atoms with Crippen LogP contribution >= 0.6 is 11.8 Å². The number of benzene rings is 2. The van der Waals surface area contributed by atoms with Gasteiger partial charge in [0, 0.05) is 13.0 Å². The average molecular weight is 371 g/mol. The second-order valence-corrected chi connectivity index (χ2v) is 7.96. The van der Waals surface area contributed by atoms with Crippen LogP contribution in [0.4, 0.5) is 4.79 Å². The molecule has 2 aromatic rings. The molecule has 1 fully saturated rings. The number of hydrogen-bond donors (Lipinski definition) is 2. The summed E-state index contributed by atoms with van der Waals surface area (Å²) >= 11 is 1.51. The molecule has 2 aromatic carbocycles. The van der Waals surface area contributed by atoms with Gasteiger partial charge in [0.1, 0.15) is 5.54 Å². The van der Waals surface area contributed by atoms with Crippen LogP contribution in [0.25, 0.3) is 11.1 Å². The van der Waals surface area contributed by atoms with Gasteiger partial charge in [-0.1, -0.05) is 54.6 Å². The number of amides is 1. The highest BCUT2D eigenvalue weighted by atomic mass is 32.2. The molecule has 0 radical (unpaired) electrons. The van der Waals surface area contributed by atoms with E-state index in [0.29, 0.717) is 0 Å². The van der Waals surface area contributed by atoms with E-state index in [4.69, 9.17) is 0 Å². The zero-order chi connectivity index (χ0) is 18.9. The van der Waals surface area contributed by atoms with Crippen LogP contribution in [0.5, 0.6) is 0 Å². The van der Waals surface area contributed by atoms with Gasteiger partial charge in [-0.15, -0.1) is 0 Å². The Morgan fingerprint density at radius 1 is 1.00 bits per heavy atom. The lowest BCUT2D eigenvalue weighted by molar-refractivity contribution is -0.147. The first kappa shape index (κ1) is 18.3. The fourth-order valence-electron chi connectivity index (χ4n) is 3.65. The van der Waals surface area contributed by atoms with E-state index < -0.39 is 22.3 Å². The molecule has 1 heterocycles. The highest BCUT2D eigenvalue weighted by Crippen LogP contribution is 2.50. The Bertz CT molecular complexity index is 823. The summed E-state index contributed by atoms with van der Waals surface area (Å²) in [5, 5.41) is 19.2. The molecule has 0 aromatic heterocycles. The van der Waals surface area contributed by atoms with Crippen molar-refractivity contribution in [1.29, 1.82) is 0 Å². The molecule has 0 bridgehead atoms. The molecule has 5 nitrogen and oxygen atoms in total. The minimum absolute atomic E-state index is 0.150. The van der Waals surface area contributed by atoms with Crippen molar-refractivity contribution in [3.63, 3.8) is 0 Å². The molecule has 6 heteroatoms. The van der Waals surface area contributed by atoms with E-state index in [-0.39, 0.29) is 13.0 Å². The van der Waals surface area contributed by atoms with Crippen molar-refractivity contribution in [1.82, 2.24) is 4.90 Å². The molecule has 0 spiro atoms. The topological polar surface area (TPSA) is 77.8 Å². The first-order valence-corrected chi connectivity index (χ1v) is 9.50. The number of carboxylic acids is 1. The predicted molar refractivity (Wildman–Crippen MR) is 102 cm³/mol. The summed E-state index contributed by atoms with van der Waals surface area (Å²) in [4.78, 5) is 24.5.